The van der Waals surface area contributed by atoms with Gasteiger partial charge in [0.05, 0.1) is 12.2 Å². The van der Waals surface area contributed by atoms with Crippen molar-refractivity contribution in [2.75, 3.05) is 13.2 Å². The quantitative estimate of drug-likeness (QED) is 0.360. The fourth-order valence-electron chi connectivity index (χ4n) is 6.10. The van der Waals surface area contributed by atoms with Gasteiger partial charge in [-0.2, -0.15) is 0 Å². The van der Waals surface area contributed by atoms with Gasteiger partial charge in [-0.3, -0.25) is 9.69 Å². The van der Waals surface area contributed by atoms with Crippen LogP contribution in [-0.4, -0.2) is 57.1 Å². The molecule has 0 aliphatic carbocycles. The fourth-order valence-corrected chi connectivity index (χ4v) is 6.10. The minimum Gasteiger partial charge on any atom is -0.462 e. The molecule has 0 N–H and O–H groups in total. The second-order valence-corrected chi connectivity index (χ2v) is 12.3. The van der Waals surface area contributed by atoms with Gasteiger partial charge >= 0.3 is 12.1 Å². The Kier molecular flexibility index (Phi) is 7.92. The Morgan fingerprint density at radius 3 is 2.38 bits per heavy atom. The lowest BCUT2D eigenvalue weighted by Crippen LogP contribution is -2.44. The average molecular weight is 572 g/mol. The number of amides is 2. The van der Waals surface area contributed by atoms with Crippen LogP contribution < -0.4 is 0 Å². The highest BCUT2D eigenvalue weighted by molar-refractivity contribution is 5.95. The Bertz CT molecular complexity index is 1530. The van der Waals surface area contributed by atoms with Crippen LogP contribution in [0.5, 0.6) is 0 Å². The van der Waals surface area contributed by atoms with Crippen molar-refractivity contribution in [1.82, 2.24) is 14.4 Å². The van der Waals surface area contributed by atoms with Crippen molar-refractivity contribution in [3.63, 3.8) is 0 Å². The van der Waals surface area contributed by atoms with Gasteiger partial charge in [0.1, 0.15) is 11.6 Å². The molecule has 2 aliphatic rings. The SMILES string of the molecule is CCOC(=O)c1cc(C2c3cc(C(=O)N4Cc5ccccc5C[C@H]4C)ccc3CCN2C(=O)OC(C)(C)C)n(C)c1C. The summed E-state index contributed by atoms with van der Waals surface area (Å²) in [6, 6.07) is 15.4. The highest BCUT2D eigenvalue weighted by atomic mass is 16.6. The zero-order valence-electron chi connectivity index (χ0n) is 25.7. The fraction of sp³-hybridized carbons (Fsp3) is 0.441. The van der Waals surface area contributed by atoms with E-state index in [2.05, 4.69) is 19.1 Å². The molecule has 0 spiro atoms. The molecule has 2 aromatic carbocycles. The standard InChI is InChI=1S/C34H41N3O5/c1-8-41-32(39)27-19-29(35(7)22(27)3)30-28-18-25(14-13-23(28)15-16-36(30)33(40)42-34(4,5)6)31(38)37-20-26-12-10-9-11-24(26)17-21(37)2/h9-14,18-19,21,30H,8,15-17,20H2,1-7H3/t21-,30?/m1/s1. The first-order chi connectivity index (χ1) is 19.9. The Morgan fingerprint density at radius 2 is 1.69 bits per heavy atom. The Labute approximate surface area is 248 Å². The first-order valence-corrected chi connectivity index (χ1v) is 14.7. The van der Waals surface area contributed by atoms with Crippen LogP contribution in [0.25, 0.3) is 0 Å². The van der Waals surface area contributed by atoms with Gasteiger partial charge in [-0.1, -0.05) is 30.3 Å². The molecule has 42 heavy (non-hydrogen) atoms. The van der Waals surface area contributed by atoms with Crippen LogP contribution in [0.2, 0.25) is 0 Å². The van der Waals surface area contributed by atoms with E-state index in [1.807, 2.05) is 80.6 Å². The van der Waals surface area contributed by atoms with Gasteiger partial charge in [-0.05, 0) is 94.8 Å². The summed E-state index contributed by atoms with van der Waals surface area (Å²) in [6.45, 7) is 12.5. The average Bonchev–Trinajstić information content (AvgIpc) is 3.24. The molecule has 0 saturated heterocycles. The summed E-state index contributed by atoms with van der Waals surface area (Å²) in [6.07, 6.45) is 0.996. The maximum absolute atomic E-state index is 14.0. The highest BCUT2D eigenvalue weighted by Gasteiger charge is 2.38. The molecular formula is C34H41N3O5. The van der Waals surface area contributed by atoms with Crippen molar-refractivity contribution in [1.29, 1.82) is 0 Å². The van der Waals surface area contributed by atoms with Gasteiger partial charge in [0.2, 0.25) is 0 Å². The Hall–Kier alpha value is -4.07. The van der Waals surface area contributed by atoms with Crippen molar-refractivity contribution in [2.45, 2.75) is 78.6 Å². The molecule has 1 unspecified atom stereocenters. The summed E-state index contributed by atoms with van der Waals surface area (Å²) in [4.78, 5) is 44.0. The number of carbonyl (C=O) groups is 3. The number of hydrogen-bond acceptors (Lipinski definition) is 5. The van der Waals surface area contributed by atoms with Gasteiger partial charge in [0.25, 0.3) is 5.91 Å². The van der Waals surface area contributed by atoms with Crippen molar-refractivity contribution >= 4 is 18.0 Å². The van der Waals surface area contributed by atoms with E-state index >= 15 is 0 Å². The summed E-state index contributed by atoms with van der Waals surface area (Å²) in [5.74, 6) is -0.441. The lowest BCUT2D eigenvalue weighted by molar-refractivity contribution is 0.0172. The van der Waals surface area contributed by atoms with E-state index in [9.17, 15) is 14.4 Å². The topological polar surface area (TPSA) is 81.1 Å². The first kappa shape index (κ1) is 29.4. The number of hydrogen-bond donors (Lipinski definition) is 0. The molecule has 3 aromatic rings. The summed E-state index contributed by atoms with van der Waals surface area (Å²) in [5, 5.41) is 0. The molecule has 0 fully saturated rings. The number of esters is 1. The first-order valence-electron chi connectivity index (χ1n) is 14.7. The molecule has 2 atom stereocenters. The Morgan fingerprint density at radius 1 is 0.976 bits per heavy atom. The molecule has 8 nitrogen and oxygen atoms in total. The third-order valence-electron chi connectivity index (χ3n) is 8.36. The monoisotopic (exact) mass is 571 g/mol. The van der Waals surface area contributed by atoms with Crippen LogP contribution in [0.15, 0.2) is 48.5 Å². The normalized spacial score (nSPS) is 18.3. The van der Waals surface area contributed by atoms with E-state index < -0.39 is 23.7 Å². The van der Waals surface area contributed by atoms with Crippen LogP contribution in [0.4, 0.5) is 4.79 Å². The van der Waals surface area contributed by atoms with Crippen LogP contribution in [-0.2, 0) is 35.9 Å². The number of nitrogens with zero attached hydrogens (tertiary/aromatic N) is 3. The molecule has 0 saturated carbocycles. The molecule has 5 rings (SSSR count). The molecule has 1 aromatic heterocycles. The molecule has 222 valence electrons. The van der Waals surface area contributed by atoms with Gasteiger partial charge in [0, 0.05) is 43.1 Å². The van der Waals surface area contributed by atoms with Gasteiger partial charge in [-0.25, -0.2) is 9.59 Å². The van der Waals surface area contributed by atoms with Crippen molar-refractivity contribution in [2.24, 2.45) is 7.05 Å². The van der Waals surface area contributed by atoms with Crippen LogP contribution in [0.1, 0.15) is 95.0 Å². The van der Waals surface area contributed by atoms with E-state index in [-0.39, 0.29) is 18.6 Å². The van der Waals surface area contributed by atoms with Crippen molar-refractivity contribution < 1.29 is 23.9 Å². The highest BCUT2D eigenvalue weighted by Crippen LogP contribution is 2.39. The van der Waals surface area contributed by atoms with Gasteiger partial charge in [-0.15, -0.1) is 0 Å². The second-order valence-electron chi connectivity index (χ2n) is 12.3. The van der Waals surface area contributed by atoms with Crippen molar-refractivity contribution in [3.8, 4) is 0 Å². The lowest BCUT2D eigenvalue weighted by atomic mass is 9.88. The zero-order valence-corrected chi connectivity index (χ0v) is 25.7. The van der Waals surface area contributed by atoms with Crippen molar-refractivity contribution in [3.05, 3.63) is 93.3 Å². The van der Waals surface area contributed by atoms with E-state index in [1.165, 1.54) is 11.1 Å². The summed E-state index contributed by atoms with van der Waals surface area (Å²) in [7, 11) is 1.89. The van der Waals surface area contributed by atoms with E-state index in [1.54, 1.807) is 11.8 Å². The second kappa shape index (κ2) is 11.3. The molecule has 2 amide bonds. The van der Waals surface area contributed by atoms with Gasteiger partial charge in [0.15, 0.2) is 0 Å². The predicted molar refractivity (Wildman–Crippen MR) is 161 cm³/mol. The predicted octanol–water partition coefficient (Wildman–Crippen LogP) is 5.98. The molecule has 3 heterocycles. The third-order valence-corrected chi connectivity index (χ3v) is 8.36. The lowest BCUT2D eigenvalue weighted by Gasteiger charge is -2.39. The molecule has 2 aliphatic heterocycles. The minimum absolute atomic E-state index is 0.0387. The maximum atomic E-state index is 14.0. The number of benzene rings is 2. The molecule has 8 heteroatoms. The maximum Gasteiger partial charge on any atom is 0.411 e. The summed E-state index contributed by atoms with van der Waals surface area (Å²) < 4.78 is 13.1. The molecule has 0 bridgehead atoms. The van der Waals surface area contributed by atoms with E-state index in [4.69, 9.17) is 9.47 Å². The summed E-state index contributed by atoms with van der Waals surface area (Å²) >= 11 is 0. The van der Waals surface area contributed by atoms with E-state index in [0.717, 1.165) is 28.9 Å². The van der Waals surface area contributed by atoms with E-state index in [0.29, 0.717) is 30.6 Å². The largest absolute Gasteiger partial charge is 0.462 e. The number of fused-ring (bicyclic) bond motifs is 2. The van der Waals surface area contributed by atoms with Crippen LogP contribution >= 0.6 is 0 Å². The summed E-state index contributed by atoms with van der Waals surface area (Å²) in [5.41, 5.74) is 6.22. The van der Waals surface area contributed by atoms with Crippen LogP contribution in [0, 0.1) is 6.92 Å². The number of aromatic nitrogens is 1. The molecule has 0 radical (unpaired) electrons. The Balaban J connectivity index is 1.58. The minimum atomic E-state index is -0.680. The van der Waals surface area contributed by atoms with Crippen LogP contribution in [0.3, 0.4) is 0 Å². The number of rotatable bonds is 4. The zero-order chi connectivity index (χ0) is 30.3. The number of carbonyl (C=O) groups excluding carboxylic acids is 3. The van der Waals surface area contributed by atoms with Gasteiger partial charge < -0.3 is 18.9 Å². The molecular weight excluding hydrogens is 530 g/mol. The third kappa shape index (κ3) is 5.54. The smallest absolute Gasteiger partial charge is 0.411 e. The number of ether oxygens (including phenoxy) is 2.